The molecule has 0 saturated carbocycles. The van der Waals surface area contributed by atoms with E-state index >= 15 is 0 Å². The van der Waals surface area contributed by atoms with Crippen molar-refractivity contribution >= 4 is 0 Å². The monoisotopic (exact) mass is 276 g/mol. The van der Waals surface area contributed by atoms with Crippen LogP contribution in [0.25, 0.3) is 0 Å². The SMILES string of the molecule is CCCN(CC(N)c1ccc(C(C)(C)C)cc1)C(C)C. The van der Waals surface area contributed by atoms with Crippen molar-refractivity contribution < 1.29 is 0 Å². The number of hydrogen-bond donors (Lipinski definition) is 1. The Morgan fingerprint density at radius 2 is 1.65 bits per heavy atom. The topological polar surface area (TPSA) is 29.3 Å². The summed E-state index contributed by atoms with van der Waals surface area (Å²) in [7, 11) is 0. The van der Waals surface area contributed by atoms with Gasteiger partial charge in [0.2, 0.25) is 0 Å². The van der Waals surface area contributed by atoms with Crippen LogP contribution in [0, 0.1) is 0 Å². The summed E-state index contributed by atoms with van der Waals surface area (Å²) < 4.78 is 0. The van der Waals surface area contributed by atoms with Crippen molar-refractivity contribution in [1.29, 1.82) is 0 Å². The summed E-state index contributed by atoms with van der Waals surface area (Å²) >= 11 is 0. The predicted molar refractivity (Wildman–Crippen MR) is 89.1 cm³/mol. The molecule has 1 rings (SSSR count). The Morgan fingerprint density at radius 1 is 1.10 bits per heavy atom. The first-order chi connectivity index (χ1) is 9.25. The van der Waals surface area contributed by atoms with E-state index in [0.717, 1.165) is 13.1 Å². The molecule has 1 aromatic rings. The molecule has 0 spiro atoms. The van der Waals surface area contributed by atoms with Crippen LogP contribution >= 0.6 is 0 Å². The van der Waals surface area contributed by atoms with Gasteiger partial charge >= 0.3 is 0 Å². The van der Waals surface area contributed by atoms with E-state index in [1.54, 1.807) is 0 Å². The minimum absolute atomic E-state index is 0.0953. The van der Waals surface area contributed by atoms with E-state index in [-0.39, 0.29) is 11.5 Å². The molecule has 0 heterocycles. The van der Waals surface area contributed by atoms with Gasteiger partial charge in [-0.1, -0.05) is 52.0 Å². The zero-order chi connectivity index (χ0) is 15.3. The summed E-state index contributed by atoms with van der Waals surface area (Å²) in [5.74, 6) is 0. The number of nitrogens with zero attached hydrogens (tertiary/aromatic N) is 1. The van der Waals surface area contributed by atoms with Crippen molar-refractivity contribution in [3.63, 3.8) is 0 Å². The highest BCUT2D eigenvalue weighted by Crippen LogP contribution is 2.23. The Morgan fingerprint density at radius 3 is 2.05 bits per heavy atom. The molecule has 0 bridgehead atoms. The molecule has 1 unspecified atom stereocenters. The molecule has 0 saturated heterocycles. The molecule has 2 heteroatoms. The van der Waals surface area contributed by atoms with Crippen LogP contribution in [0.1, 0.15) is 65.1 Å². The fourth-order valence-electron chi connectivity index (χ4n) is 2.44. The Balaban J connectivity index is 2.74. The first kappa shape index (κ1) is 17.2. The zero-order valence-electron chi connectivity index (χ0n) is 14.1. The number of hydrogen-bond acceptors (Lipinski definition) is 2. The molecule has 1 aromatic carbocycles. The maximum Gasteiger partial charge on any atom is 0.0424 e. The standard InChI is InChI=1S/C18H32N2/c1-7-12-20(14(2)3)13-17(19)15-8-10-16(11-9-15)18(4,5)6/h8-11,14,17H,7,12-13,19H2,1-6H3. The molecule has 0 aliphatic carbocycles. The average Bonchev–Trinajstić information content (AvgIpc) is 2.37. The molecule has 2 nitrogen and oxygen atoms in total. The molecular formula is C18H32N2. The van der Waals surface area contributed by atoms with Gasteiger partial charge in [0.1, 0.15) is 0 Å². The minimum Gasteiger partial charge on any atom is -0.323 e. The van der Waals surface area contributed by atoms with Gasteiger partial charge in [-0.2, -0.15) is 0 Å². The summed E-state index contributed by atoms with van der Waals surface area (Å²) in [4.78, 5) is 2.46. The van der Waals surface area contributed by atoms with Crippen LogP contribution in [-0.4, -0.2) is 24.0 Å². The second-order valence-electron chi connectivity index (χ2n) is 7.07. The average molecular weight is 276 g/mol. The maximum atomic E-state index is 6.38. The van der Waals surface area contributed by atoms with E-state index in [4.69, 9.17) is 5.73 Å². The first-order valence-corrected chi connectivity index (χ1v) is 7.85. The lowest BCUT2D eigenvalue weighted by Gasteiger charge is -2.29. The zero-order valence-corrected chi connectivity index (χ0v) is 14.1. The Bertz CT molecular complexity index is 387. The van der Waals surface area contributed by atoms with Gasteiger partial charge in [-0.15, -0.1) is 0 Å². The van der Waals surface area contributed by atoms with E-state index in [2.05, 4.69) is 70.7 Å². The second-order valence-corrected chi connectivity index (χ2v) is 7.07. The van der Waals surface area contributed by atoms with Gasteiger partial charge in [-0.3, -0.25) is 4.90 Å². The van der Waals surface area contributed by atoms with Crippen LogP contribution in [0.15, 0.2) is 24.3 Å². The fourth-order valence-corrected chi connectivity index (χ4v) is 2.44. The number of benzene rings is 1. The highest BCUT2D eigenvalue weighted by atomic mass is 15.2. The quantitative estimate of drug-likeness (QED) is 0.847. The summed E-state index contributed by atoms with van der Waals surface area (Å²) in [5.41, 5.74) is 9.18. The van der Waals surface area contributed by atoms with E-state index in [9.17, 15) is 0 Å². The molecule has 0 fully saturated rings. The third-order valence-electron chi connectivity index (χ3n) is 3.88. The van der Waals surface area contributed by atoms with Gasteiger partial charge in [-0.05, 0) is 43.4 Å². The first-order valence-electron chi connectivity index (χ1n) is 7.85. The van der Waals surface area contributed by atoms with Crippen molar-refractivity contribution in [3.05, 3.63) is 35.4 Å². The van der Waals surface area contributed by atoms with Gasteiger partial charge in [-0.25, -0.2) is 0 Å². The Kier molecular flexibility index (Phi) is 6.22. The van der Waals surface area contributed by atoms with Crippen LogP contribution in [0.2, 0.25) is 0 Å². The van der Waals surface area contributed by atoms with Crippen LogP contribution in [0.4, 0.5) is 0 Å². The van der Waals surface area contributed by atoms with Gasteiger partial charge < -0.3 is 5.73 Å². The van der Waals surface area contributed by atoms with Crippen molar-refractivity contribution in [2.45, 2.75) is 65.5 Å². The normalized spacial score (nSPS) is 14.1. The van der Waals surface area contributed by atoms with Gasteiger partial charge in [0.15, 0.2) is 0 Å². The van der Waals surface area contributed by atoms with Gasteiger partial charge in [0.25, 0.3) is 0 Å². The Hall–Kier alpha value is -0.860. The van der Waals surface area contributed by atoms with Crippen molar-refractivity contribution in [3.8, 4) is 0 Å². The van der Waals surface area contributed by atoms with E-state index in [1.807, 2.05) is 0 Å². The lowest BCUT2D eigenvalue weighted by Crippen LogP contribution is -2.37. The molecule has 0 amide bonds. The van der Waals surface area contributed by atoms with E-state index in [1.165, 1.54) is 17.5 Å². The highest BCUT2D eigenvalue weighted by molar-refractivity contribution is 5.29. The van der Waals surface area contributed by atoms with Crippen LogP contribution in [0.5, 0.6) is 0 Å². The summed E-state index contributed by atoms with van der Waals surface area (Å²) in [6, 6.07) is 9.46. The molecule has 0 radical (unpaired) electrons. The lowest BCUT2D eigenvalue weighted by molar-refractivity contribution is 0.209. The molecule has 20 heavy (non-hydrogen) atoms. The molecule has 0 aromatic heterocycles. The number of rotatable bonds is 6. The van der Waals surface area contributed by atoms with Crippen molar-refractivity contribution in [2.75, 3.05) is 13.1 Å². The maximum absolute atomic E-state index is 6.38. The minimum atomic E-state index is 0.0953. The fraction of sp³-hybridized carbons (Fsp3) is 0.667. The van der Waals surface area contributed by atoms with Crippen LogP contribution in [-0.2, 0) is 5.41 Å². The summed E-state index contributed by atoms with van der Waals surface area (Å²) in [5, 5.41) is 0. The Labute approximate surface area is 125 Å². The summed E-state index contributed by atoms with van der Waals surface area (Å²) in [6.45, 7) is 15.5. The van der Waals surface area contributed by atoms with Gasteiger partial charge in [0.05, 0.1) is 0 Å². The van der Waals surface area contributed by atoms with E-state index < -0.39 is 0 Å². The molecule has 0 aliphatic rings. The smallest absolute Gasteiger partial charge is 0.0424 e. The van der Waals surface area contributed by atoms with Crippen LogP contribution in [0.3, 0.4) is 0 Å². The molecule has 1 atom stereocenters. The molecule has 2 N–H and O–H groups in total. The third kappa shape index (κ3) is 4.92. The van der Waals surface area contributed by atoms with Crippen molar-refractivity contribution in [2.24, 2.45) is 5.73 Å². The van der Waals surface area contributed by atoms with Gasteiger partial charge in [0, 0.05) is 18.6 Å². The highest BCUT2D eigenvalue weighted by Gasteiger charge is 2.16. The summed E-state index contributed by atoms with van der Waals surface area (Å²) in [6.07, 6.45) is 1.17. The predicted octanol–water partition coefficient (Wildman–Crippen LogP) is 4.10. The second kappa shape index (κ2) is 7.24. The largest absolute Gasteiger partial charge is 0.323 e. The lowest BCUT2D eigenvalue weighted by atomic mass is 9.86. The third-order valence-corrected chi connectivity index (χ3v) is 3.88. The molecule has 0 aliphatic heterocycles. The van der Waals surface area contributed by atoms with Crippen LogP contribution < -0.4 is 5.73 Å². The van der Waals surface area contributed by atoms with Crippen molar-refractivity contribution in [1.82, 2.24) is 4.90 Å². The molecule has 114 valence electrons. The molecular weight excluding hydrogens is 244 g/mol. The van der Waals surface area contributed by atoms with E-state index in [0.29, 0.717) is 6.04 Å². The number of nitrogens with two attached hydrogens (primary N) is 1.